The fraction of sp³-hybridized carbons (Fsp3) is 0.286. The minimum absolute atomic E-state index is 0.256. The highest BCUT2D eigenvalue weighted by Gasteiger charge is 2.16. The van der Waals surface area contributed by atoms with Gasteiger partial charge in [0.25, 0.3) is 0 Å². The van der Waals surface area contributed by atoms with Gasteiger partial charge >= 0.3 is 0 Å². The Morgan fingerprint density at radius 1 is 0.885 bits per heavy atom. The topological polar surface area (TPSA) is 50.7 Å². The Labute approximate surface area is 152 Å². The number of pyridine rings is 1. The molecule has 1 aliphatic rings. The molecule has 0 spiro atoms. The fourth-order valence-corrected chi connectivity index (χ4v) is 3.36. The van der Waals surface area contributed by atoms with Crippen LogP contribution in [0.4, 0.5) is 10.2 Å². The number of nitrogens with zero attached hydrogens (tertiary/aromatic N) is 3. The van der Waals surface area contributed by atoms with Gasteiger partial charge in [-0.05, 0) is 49.2 Å². The number of halogens is 1. The van der Waals surface area contributed by atoms with Crippen molar-refractivity contribution in [2.24, 2.45) is 0 Å². The maximum atomic E-state index is 13.3. The standard InChI is InChI=1S/C21H21FN4/c22-16-11-9-15(10-12-16)19-14-20(24-17-6-2-1-3-7-17)26-21(25-19)18-8-4-5-13-23-18/h4-5,8-14,17H,1-3,6-7H2,(H,24,25,26). The van der Waals surface area contributed by atoms with Crippen molar-refractivity contribution in [3.8, 4) is 22.8 Å². The van der Waals surface area contributed by atoms with Gasteiger partial charge in [0.2, 0.25) is 0 Å². The first-order chi connectivity index (χ1) is 12.8. The highest BCUT2D eigenvalue weighted by molar-refractivity contribution is 5.66. The Bertz CT molecular complexity index is 859. The van der Waals surface area contributed by atoms with Gasteiger partial charge in [-0.25, -0.2) is 14.4 Å². The molecule has 0 radical (unpaired) electrons. The molecule has 0 atom stereocenters. The summed E-state index contributed by atoms with van der Waals surface area (Å²) >= 11 is 0. The zero-order valence-electron chi connectivity index (χ0n) is 14.5. The largest absolute Gasteiger partial charge is 0.367 e. The molecule has 0 amide bonds. The van der Waals surface area contributed by atoms with Gasteiger partial charge in [-0.2, -0.15) is 0 Å². The maximum Gasteiger partial charge on any atom is 0.180 e. The number of aromatic nitrogens is 3. The number of rotatable bonds is 4. The molecule has 1 saturated carbocycles. The maximum absolute atomic E-state index is 13.3. The van der Waals surface area contributed by atoms with Crippen LogP contribution < -0.4 is 5.32 Å². The van der Waals surface area contributed by atoms with Crippen LogP contribution in [-0.2, 0) is 0 Å². The fourth-order valence-electron chi connectivity index (χ4n) is 3.36. The van der Waals surface area contributed by atoms with Gasteiger partial charge < -0.3 is 5.32 Å². The molecule has 4 nitrogen and oxygen atoms in total. The lowest BCUT2D eigenvalue weighted by Gasteiger charge is -2.23. The van der Waals surface area contributed by atoms with Crippen molar-refractivity contribution in [1.82, 2.24) is 15.0 Å². The van der Waals surface area contributed by atoms with E-state index in [4.69, 9.17) is 0 Å². The molecule has 0 unspecified atom stereocenters. The Balaban J connectivity index is 1.72. The molecule has 2 aromatic heterocycles. The van der Waals surface area contributed by atoms with Crippen LogP contribution in [0, 0.1) is 5.82 Å². The van der Waals surface area contributed by atoms with Gasteiger partial charge in [0.05, 0.1) is 5.69 Å². The van der Waals surface area contributed by atoms with E-state index in [1.165, 1.54) is 31.4 Å². The molecule has 1 N–H and O–H groups in total. The van der Waals surface area contributed by atoms with E-state index in [0.29, 0.717) is 11.9 Å². The minimum atomic E-state index is -0.256. The van der Waals surface area contributed by atoms with Crippen LogP contribution in [0.15, 0.2) is 54.7 Å². The lowest BCUT2D eigenvalue weighted by molar-refractivity contribution is 0.462. The van der Waals surface area contributed by atoms with Crippen molar-refractivity contribution in [3.63, 3.8) is 0 Å². The summed E-state index contributed by atoms with van der Waals surface area (Å²) in [5.41, 5.74) is 2.35. The number of hydrogen-bond acceptors (Lipinski definition) is 4. The zero-order valence-corrected chi connectivity index (χ0v) is 14.5. The molecule has 1 aromatic carbocycles. The second-order valence-corrected chi connectivity index (χ2v) is 6.66. The lowest BCUT2D eigenvalue weighted by atomic mass is 9.95. The molecule has 1 fully saturated rings. The van der Waals surface area contributed by atoms with Gasteiger partial charge in [0.1, 0.15) is 17.3 Å². The van der Waals surface area contributed by atoms with Gasteiger partial charge in [0.15, 0.2) is 5.82 Å². The van der Waals surface area contributed by atoms with Crippen LogP contribution >= 0.6 is 0 Å². The first kappa shape index (κ1) is 16.6. The molecule has 0 saturated heterocycles. The summed E-state index contributed by atoms with van der Waals surface area (Å²) in [5.74, 6) is 1.12. The van der Waals surface area contributed by atoms with Crippen molar-refractivity contribution < 1.29 is 4.39 Å². The molecular weight excluding hydrogens is 327 g/mol. The van der Waals surface area contributed by atoms with Crippen molar-refractivity contribution in [2.75, 3.05) is 5.32 Å². The van der Waals surface area contributed by atoms with Crippen LogP contribution in [0.5, 0.6) is 0 Å². The third-order valence-electron chi connectivity index (χ3n) is 4.72. The van der Waals surface area contributed by atoms with Crippen molar-refractivity contribution in [1.29, 1.82) is 0 Å². The van der Waals surface area contributed by atoms with Crippen LogP contribution in [-0.4, -0.2) is 21.0 Å². The number of nitrogens with one attached hydrogen (secondary N) is 1. The molecule has 26 heavy (non-hydrogen) atoms. The van der Waals surface area contributed by atoms with Gasteiger partial charge in [0, 0.05) is 23.9 Å². The van der Waals surface area contributed by atoms with Crippen LogP contribution in [0.1, 0.15) is 32.1 Å². The SMILES string of the molecule is Fc1ccc(-c2cc(NC3CCCCC3)nc(-c3ccccn3)n2)cc1. The van der Waals surface area contributed by atoms with E-state index in [1.54, 1.807) is 18.3 Å². The summed E-state index contributed by atoms with van der Waals surface area (Å²) in [7, 11) is 0. The number of anilines is 1. The summed E-state index contributed by atoms with van der Waals surface area (Å²) in [6.07, 6.45) is 7.87. The molecular formula is C21H21FN4. The lowest BCUT2D eigenvalue weighted by Crippen LogP contribution is -2.23. The van der Waals surface area contributed by atoms with E-state index in [9.17, 15) is 4.39 Å². The quantitative estimate of drug-likeness (QED) is 0.713. The predicted octanol–water partition coefficient (Wildman–Crippen LogP) is 5.09. The average molecular weight is 348 g/mol. The van der Waals surface area contributed by atoms with Gasteiger partial charge in [-0.1, -0.05) is 25.3 Å². The summed E-state index contributed by atoms with van der Waals surface area (Å²) in [5, 5.41) is 3.56. The molecule has 0 aliphatic heterocycles. The zero-order chi connectivity index (χ0) is 17.8. The summed E-state index contributed by atoms with van der Waals surface area (Å²) < 4.78 is 13.3. The van der Waals surface area contributed by atoms with E-state index in [2.05, 4.69) is 20.3 Å². The van der Waals surface area contributed by atoms with E-state index in [-0.39, 0.29) is 5.82 Å². The Morgan fingerprint density at radius 3 is 2.42 bits per heavy atom. The van der Waals surface area contributed by atoms with Gasteiger partial charge in [-0.3, -0.25) is 4.98 Å². The van der Waals surface area contributed by atoms with E-state index < -0.39 is 0 Å². The van der Waals surface area contributed by atoms with Crippen molar-refractivity contribution in [2.45, 2.75) is 38.1 Å². The molecule has 132 valence electrons. The van der Waals surface area contributed by atoms with E-state index in [0.717, 1.165) is 35.6 Å². The second-order valence-electron chi connectivity index (χ2n) is 6.66. The van der Waals surface area contributed by atoms with Crippen LogP contribution in [0.2, 0.25) is 0 Å². The van der Waals surface area contributed by atoms with Crippen LogP contribution in [0.3, 0.4) is 0 Å². The Morgan fingerprint density at radius 2 is 1.69 bits per heavy atom. The Hall–Kier alpha value is -2.82. The highest BCUT2D eigenvalue weighted by Crippen LogP contribution is 2.26. The van der Waals surface area contributed by atoms with E-state index in [1.807, 2.05) is 24.3 Å². The average Bonchev–Trinajstić information content (AvgIpc) is 2.70. The van der Waals surface area contributed by atoms with Crippen molar-refractivity contribution in [3.05, 3.63) is 60.5 Å². The van der Waals surface area contributed by atoms with Crippen molar-refractivity contribution >= 4 is 5.82 Å². The normalized spacial score (nSPS) is 15.0. The third-order valence-corrected chi connectivity index (χ3v) is 4.72. The highest BCUT2D eigenvalue weighted by atomic mass is 19.1. The molecule has 2 heterocycles. The van der Waals surface area contributed by atoms with Crippen LogP contribution in [0.25, 0.3) is 22.8 Å². The molecule has 3 aromatic rings. The molecule has 5 heteroatoms. The molecule has 4 rings (SSSR count). The summed E-state index contributed by atoms with van der Waals surface area (Å²) in [4.78, 5) is 13.7. The summed E-state index contributed by atoms with van der Waals surface area (Å²) in [6, 6.07) is 14.4. The third kappa shape index (κ3) is 3.87. The number of benzene rings is 1. The number of hydrogen-bond donors (Lipinski definition) is 1. The summed E-state index contributed by atoms with van der Waals surface area (Å²) in [6.45, 7) is 0. The molecule has 0 bridgehead atoms. The monoisotopic (exact) mass is 348 g/mol. The first-order valence-corrected chi connectivity index (χ1v) is 9.11. The minimum Gasteiger partial charge on any atom is -0.367 e. The first-order valence-electron chi connectivity index (χ1n) is 9.11. The second kappa shape index (κ2) is 7.60. The van der Waals surface area contributed by atoms with Gasteiger partial charge in [-0.15, -0.1) is 0 Å². The predicted molar refractivity (Wildman–Crippen MR) is 101 cm³/mol. The van der Waals surface area contributed by atoms with E-state index >= 15 is 0 Å². The Kier molecular flexibility index (Phi) is 4.86. The smallest absolute Gasteiger partial charge is 0.180 e. The molecule has 1 aliphatic carbocycles.